The van der Waals surface area contributed by atoms with E-state index in [2.05, 4.69) is 29.6 Å². The Labute approximate surface area is 140 Å². The molecule has 1 aromatic rings. The zero-order valence-electron chi connectivity index (χ0n) is 14.9. The minimum atomic E-state index is -0.434. The predicted octanol–water partition coefficient (Wildman–Crippen LogP) is 3.91. The summed E-state index contributed by atoms with van der Waals surface area (Å²) in [4.78, 5) is 13.5. The second kappa shape index (κ2) is 7.82. The summed E-state index contributed by atoms with van der Waals surface area (Å²) in [6, 6.07) is 8.71. The molecule has 0 aliphatic heterocycles. The van der Waals surface area contributed by atoms with Gasteiger partial charge >= 0.3 is 6.09 Å². The Hall–Kier alpha value is -1.55. The highest BCUT2D eigenvalue weighted by Gasteiger charge is 2.25. The number of ether oxygens (including phenoxy) is 1. The monoisotopic (exact) mass is 318 g/mol. The third-order valence-corrected chi connectivity index (χ3v) is 3.94. The van der Waals surface area contributed by atoms with Gasteiger partial charge in [-0.1, -0.05) is 24.3 Å². The van der Waals surface area contributed by atoms with Crippen molar-refractivity contribution in [1.82, 2.24) is 10.2 Å². The largest absolute Gasteiger partial charge is 0.444 e. The van der Waals surface area contributed by atoms with Crippen LogP contribution in [0.5, 0.6) is 0 Å². The molecule has 1 N–H and O–H groups in total. The topological polar surface area (TPSA) is 41.6 Å². The highest BCUT2D eigenvalue weighted by atomic mass is 16.6. The first kappa shape index (κ1) is 17.8. The molecule has 0 radical (unpaired) electrons. The van der Waals surface area contributed by atoms with Gasteiger partial charge < -0.3 is 15.0 Å². The van der Waals surface area contributed by atoms with E-state index in [1.54, 1.807) is 11.9 Å². The molecule has 128 valence electrons. The molecular weight excluding hydrogens is 288 g/mol. The molecule has 0 aromatic heterocycles. The third-order valence-electron chi connectivity index (χ3n) is 3.94. The van der Waals surface area contributed by atoms with Gasteiger partial charge in [-0.05, 0) is 63.6 Å². The van der Waals surface area contributed by atoms with Gasteiger partial charge in [0.05, 0.1) is 0 Å². The van der Waals surface area contributed by atoms with Crippen molar-refractivity contribution in [3.63, 3.8) is 0 Å². The van der Waals surface area contributed by atoms with Gasteiger partial charge in [-0.2, -0.15) is 0 Å². The van der Waals surface area contributed by atoms with Crippen LogP contribution in [0.2, 0.25) is 0 Å². The number of carbonyl (C=O) groups excluding carboxylic acids is 1. The number of nitrogens with one attached hydrogen (secondary N) is 1. The van der Waals surface area contributed by atoms with E-state index >= 15 is 0 Å². The summed E-state index contributed by atoms with van der Waals surface area (Å²) >= 11 is 0. The standard InChI is InChI=1S/C19H30N2O2/c1-19(2,3)23-18(22)21(4)13-7-12-20-14-16-8-5-6-9-17(16)15-10-11-15/h5-6,8-9,15,20H,7,10-14H2,1-4H3. The third kappa shape index (κ3) is 6.22. The highest BCUT2D eigenvalue weighted by Crippen LogP contribution is 2.41. The summed E-state index contributed by atoms with van der Waals surface area (Å²) in [6.45, 7) is 8.16. The number of benzene rings is 1. The maximum atomic E-state index is 11.9. The summed E-state index contributed by atoms with van der Waals surface area (Å²) in [5.74, 6) is 0.784. The van der Waals surface area contributed by atoms with Gasteiger partial charge in [0.25, 0.3) is 0 Å². The Kier molecular flexibility index (Phi) is 6.05. The minimum absolute atomic E-state index is 0.253. The van der Waals surface area contributed by atoms with E-state index in [1.165, 1.54) is 24.0 Å². The van der Waals surface area contributed by atoms with Crippen molar-refractivity contribution in [2.24, 2.45) is 0 Å². The lowest BCUT2D eigenvalue weighted by Gasteiger charge is -2.24. The number of amides is 1. The normalized spacial score (nSPS) is 14.6. The lowest BCUT2D eigenvalue weighted by molar-refractivity contribution is 0.0297. The zero-order chi connectivity index (χ0) is 16.9. The summed E-state index contributed by atoms with van der Waals surface area (Å²) in [7, 11) is 1.79. The molecule has 0 bridgehead atoms. The van der Waals surface area contributed by atoms with Crippen molar-refractivity contribution in [2.75, 3.05) is 20.1 Å². The van der Waals surface area contributed by atoms with Crippen molar-refractivity contribution < 1.29 is 9.53 Å². The zero-order valence-corrected chi connectivity index (χ0v) is 14.9. The summed E-state index contributed by atoms with van der Waals surface area (Å²) in [5.41, 5.74) is 2.48. The molecular formula is C19H30N2O2. The van der Waals surface area contributed by atoms with Gasteiger partial charge in [-0.25, -0.2) is 4.79 Å². The molecule has 0 atom stereocenters. The van der Waals surface area contributed by atoms with E-state index in [4.69, 9.17) is 4.74 Å². The van der Waals surface area contributed by atoms with Crippen LogP contribution in [0.15, 0.2) is 24.3 Å². The Bertz CT molecular complexity index is 518. The fraction of sp³-hybridized carbons (Fsp3) is 0.632. The molecule has 0 saturated heterocycles. The number of carbonyl (C=O) groups is 1. The second-order valence-corrected chi connectivity index (χ2v) is 7.41. The average Bonchev–Trinajstić information content (AvgIpc) is 3.30. The van der Waals surface area contributed by atoms with Crippen LogP contribution in [-0.2, 0) is 11.3 Å². The minimum Gasteiger partial charge on any atom is -0.444 e. The Morgan fingerprint density at radius 2 is 2.00 bits per heavy atom. The fourth-order valence-electron chi connectivity index (χ4n) is 2.58. The molecule has 0 spiro atoms. The molecule has 1 aliphatic carbocycles. The number of rotatable bonds is 7. The number of hydrogen-bond acceptors (Lipinski definition) is 3. The Morgan fingerprint density at radius 1 is 1.30 bits per heavy atom. The van der Waals surface area contributed by atoms with E-state index in [0.29, 0.717) is 6.54 Å². The molecule has 1 amide bonds. The highest BCUT2D eigenvalue weighted by molar-refractivity contribution is 5.67. The van der Waals surface area contributed by atoms with E-state index < -0.39 is 5.60 Å². The van der Waals surface area contributed by atoms with Gasteiger partial charge in [0.15, 0.2) is 0 Å². The average molecular weight is 318 g/mol. The van der Waals surface area contributed by atoms with Crippen LogP contribution in [0.1, 0.15) is 57.1 Å². The summed E-state index contributed by atoms with van der Waals surface area (Å²) < 4.78 is 5.34. The lowest BCUT2D eigenvalue weighted by atomic mass is 10.0. The molecule has 23 heavy (non-hydrogen) atoms. The molecule has 2 rings (SSSR count). The molecule has 1 aromatic carbocycles. The van der Waals surface area contributed by atoms with Crippen LogP contribution in [0.25, 0.3) is 0 Å². The van der Waals surface area contributed by atoms with Crippen LogP contribution in [0, 0.1) is 0 Å². The van der Waals surface area contributed by atoms with E-state index in [-0.39, 0.29) is 6.09 Å². The van der Waals surface area contributed by atoms with E-state index in [9.17, 15) is 4.79 Å². The van der Waals surface area contributed by atoms with Gasteiger partial charge in [0.2, 0.25) is 0 Å². The van der Waals surface area contributed by atoms with E-state index in [0.717, 1.165) is 25.4 Å². The first-order valence-electron chi connectivity index (χ1n) is 8.59. The fourth-order valence-corrected chi connectivity index (χ4v) is 2.58. The van der Waals surface area contributed by atoms with Crippen molar-refractivity contribution in [3.05, 3.63) is 35.4 Å². The molecule has 0 heterocycles. The van der Waals surface area contributed by atoms with Crippen LogP contribution in [0.3, 0.4) is 0 Å². The van der Waals surface area contributed by atoms with Crippen molar-refractivity contribution in [2.45, 2.75) is 58.1 Å². The first-order chi connectivity index (χ1) is 10.9. The predicted molar refractivity (Wildman–Crippen MR) is 93.6 cm³/mol. The maximum Gasteiger partial charge on any atom is 0.410 e. The lowest BCUT2D eigenvalue weighted by Crippen LogP contribution is -2.35. The first-order valence-corrected chi connectivity index (χ1v) is 8.59. The summed E-state index contributed by atoms with van der Waals surface area (Å²) in [6.07, 6.45) is 3.33. The molecule has 4 nitrogen and oxygen atoms in total. The maximum absolute atomic E-state index is 11.9. The molecule has 1 fully saturated rings. The van der Waals surface area contributed by atoms with Crippen molar-refractivity contribution in [1.29, 1.82) is 0 Å². The summed E-state index contributed by atoms with van der Waals surface area (Å²) in [5, 5.41) is 3.49. The molecule has 4 heteroatoms. The SMILES string of the molecule is CN(CCCNCc1ccccc1C1CC1)C(=O)OC(C)(C)C. The quantitative estimate of drug-likeness (QED) is 0.775. The number of nitrogens with zero attached hydrogens (tertiary/aromatic N) is 1. The van der Waals surface area contributed by atoms with E-state index in [1.807, 2.05) is 20.8 Å². The smallest absolute Gasteiger partial charge is 0.410 e. The molecule has 0 unspecified atom stereocenters. The van der Waals surface area contributed by atoms with Gasteiger partial charge in [-0.15, -0.1) is 0 Å². The number of hydrogen-bond donors (Lipinski definition) is 1. The van der Waals surface area contributed by atoms with Crippen LogP contribution in [0.4, 0.5) is 4.79 Å². The molecule has 1 aliphatic rings. The second-order valence-electron chi connectivity index (χ2n) is 7.41. The van der Waals surface area contributed by atoms with Gasteiger partial charge in [-0.3, -0.25) is 0 Å². The van der Waals surface area contributed by atoms with Crippen molar-refractivity contribution >= 4 is 6.09 Å². The molecule has 1 saturated carbocycles. The van der Waals surface area contributed by atoms with Crippen LogP contribution < -0.4 is 5.32 Å². The van der Waals surface area contributed by atoms with Gasteiger partial charge in [0.1, 0.15) is 5.60 Å². The van der Waals surface area contributed by atoms with Crippen LogP contribution >= 0.6 is 0 Å². The van der Waals surface area contributed by atoms with Gasteiger partial charge in [0, 0.05) is 20.1 Å². The van der Waals surface area contributed by atoms with Crippen LogP contribution in [-0.4, -0.2) is 36.7 Å². The van der Waals surface area contributed by atoms with Crippen molar-refractivity contribution in [3.8, 4) is 0 Å². The Balaban J connectivity index is 1.65. The Morgan fingerprint density at radius 3 is 2.65 bits per heavy atom.